The molecule has 0 heterocycles. The van der Waals surface area contributed by atoms with Crippen molar-refractivity contribution >= 4 is 12.4 Å². The molecule has 0 saturated carbocycles. The highest BCUT2D eigenvalue weighted by Gasteiger charge is 2.38. The molecule has 0 aliphatic rings. The Bertz CT molecular complexity index is 174. The van der Waals surface area contributed by atoms with E-state index in [2.05, 4.69) is 21.3 Å². The Labute approximate surface area is 106 Å². The molecule has 0 aromatic heterocycles. The van der Waals surface area contributed by atoms with Crippen LogP contribution in [-0.4, -0.2) is 69.6 Å². The summed E-state index contributed by atoms with van der Waals surface area (Å²) in [7, 11) is 12.0. The lowest BCUT2D eigenvalue weighted by Crippen LogP contribution is -2.65. The molecule has 0 amide bonds. The number of hydrogen-bond acceptors (Lipinski definition) is 4. The van der Waals surface area contributed by atoms with E-state index in [-0.39, 0.29) is 12.4 Å². The van der Waals surface area contributed by atoms with Crippen LogP contribution in [0.1, 0.15) is 6.42 Å². The first-order chi connectivity index (χ1) is 6.89. The predicted octanol–water partition coefficient (Wildman–Crippen LogP) is 1.30. The maximum atomic E-state index is 5.96. The molecule has 0 fully saturated rings. The summed E-state index contributed by atoms with van der Waals surface area (Å²) in [4.78, 5) is 6.16. The van der Waals surface area contributed by atoms with Crippen molar-refractivity contribution in [3.8, 4) is 0 Å². The van der Waals surface area contributed by atoms with E-state index in [0.717, 1.165) is 6.42 Å². The Balaban J connectivity index is 0. The van der Waals surface area contributed by atoms with Gasteiger partial charge in [0, 0.05) is 0 Å². The van der Waals surface area contributed by atoms with Crippen LogP contribution in [0, 0.1) is 0 Å². The zero-order chi connectivity index (χ0) is 12.1. The molecule has 5 heteroatoms. The molecular weight excluding hydrogens is 226 g/mol. The van der Waals surface area contributed by atoms with Crippen LogP contribution in [-0.2, 0) is 4.74 Å². The third kappa shape index (κ3) is 4.03. The van der Waals surface area contributed by atoms with Crippen molar-refractivity contribution in [3.05, 3.63) is 12.7 Å². The first-order valence-electron chi connectivity index (χ1n) is 5.16. The van der Waals surface area contributed by atoms with Crippen molar-refractivity contribution in [2.24, 2.45) is 0 Å². The first-order valence-corrected chi connectivity index (χ1v) is 5.16. The average molecular weight is 252 g/mol. The summed E-state index contributed by atoms with van der Waals surface area (Å²) in [6.45, 7) is 4.36. The minimum absolute atomic E-state index is 0. The summed E-state index contributed by atoms with van der Waals surface area (Å²) in [6, 6.07) is 0. The number of halogens is 1. The monoisotopic (exact) mass is 251 g/mol. The van der Waals surface area contributed by atoms with Gasteiger partial charge in [0.2, 0.25) is 5.97 Å². The van der Waals surface area contributed by atoms with E-state index in [0.29, 0.717) is 6.61 Å². The molecule has 0 atom stereocenters. The smallest absolute Gasteiger partial charge is 0.241 e. The van der Waals surface area contributed by atoms with Gasteiger partial charge in [-0.25, -0.2) is 0 Å². The van der Waals surface area contributed by atoms with Crippen LogP contribution < -0.4 is 0 Å². The summed E-state index contributed by atoms with van der Waals surface area (Å²) in [5, 5.41) is 0. The van der Waals surface area contributed by atoms with Crippen LogP contribution in [0.4, 0.5) is 0 Å². The van der Waals surface area contributed by atoms with Crippen molar-refractivity contribution in [1.82, 2.24) is 14.7 Å². The third-order valence-corrected chi connectivity index (χ3v) is 2.37. The molecule has 0 aliphatic heterocycles. The zero-order valence-electron chi connectivity index (χ0n) is 11.4. The van der Waals surface area contributed by atoms with Gasteiger partial charge < -0.3 is 4.74 Å². The second kappa shape index (κ2) is 8.03. The molecular formula is C11H26ClN3O. The molecule has 0 rings (SSSR count). The lowest BCUT2D eigenvalue weighted by atomic mass is 10.4. The molecule has 0 N–H and O–H groups in total. The second-order valence-corrected chi connectivity index (χ2v) is 4.18. The minimum Gasteiger partial charge on any atom is -0.334 e. The van der Waals surface area contributed by atoms with Crippen LogP contribution in [0.2, 0.25) is 0 Å². The normalized spacial score (nSPS) is 12.1. The Morgan fingerprint density at radius 2 is 1.38 bits per heavy atom. The van der Waals surface area contributed by atoms with Gasteiger partial charge in [-0.2, -0.15) is 0 Å². The average Bonchev–Trinajstić information content (AvgIpc) is 2.10. The van der Waals surface area contributed by atoms with Gasteiger partial charge in [0.25, 0.3) is 0 Å². The van der Waals surface area contributed by atoms with Gasteiger partial charge >= 0.3 is 0 Å². The zero-order valence-corrected chi connectivity index (χ0v) is 12.2. The number of rotatable bonds is 7. The first kappa shape index (κ1) is 18.2. The predicted molar refractivity (Wildman–Crippen MR) is 71.8 cm³/mol. The molecule has 0 saturated heterocycles. The minimum atomic E-state index is -0.497. The Kier molecular flexibility index (Phi) is 9.16. The maximum Gasteiger partial charge on any atom is 0.241 e. The molecule has 0 aromatic carbocycles. The second-order valence-electron chi connectivity index (χ2n) is 4.18. The van der Waals surface area contributed by atoms with Crippen LogP contribution >= 0.6 is 12.4 Å². The van der Waals surface area contributed by atoms with Gasteiger partial charge in [-0.05, 0) is 48.7 Å². The number of nitrogens with zero attached hydrogens (tertiary/aromatic N) is 3. The van der Waals surface area contributed by atoms with Gasteiger partial charge in [-0.15, -0.1) is 19.0 Å². The fraction of sp³-hybridized carbons (Fsp3) is 0.818. The van der Waals surface area contributed by atoms with Crippen molar-refractivity contribution in [3.63, 3.8) is 0 Å². The van der Waals surface area contributed by atoms with Crippen molar-refractivity contribution in [1.29, 1.82) is 0 Å². The molecule has 0 aromatic rings. The lowest BCUT2D eigenvalue weighted by Gasteiger charge is -2.48. The highest BCUT2D eigenvalue weighted by Crippen LogP contribution is 2.20. The van der Waals surface area contributed by atoms with Gasteiger partial charge in [0.1, 0.15) is 0 Å². The van der Waals surface area contributed by atoms with Crippen LogP contribution in [0.25, 0.3) is 0 Å². The number of hydrogen-bond donors (Lipinski definition) is 0. The molecule has 0 radical (unpaired) electrons. The van der Waals surface area contributed by atoms with E-state index < -0.39 is 5.97 Å². The lowest BCUT2D eigenvalue weighted by molar-refractivity contribution is -0.294. The number of ether oxygens (including phenoxy) is 1. The van der Waals surface area contributed by atoms with Gasteiger partial charge in [0.15, 0.2) is 0 Å². The molecule has 4 nitrogen and oxygen atoms in total. The van der Waals surface area contributed by atoms with E-state index in [4.69, 9.17) is 4.74 Å². The standard InChI is InChI=1S/C11H25N3O.ClH/c1-8-9-10-15-11(12(2)3,13(4)5)14(6)7;/h8H,1,9-10H2,2-7H3;1H. The van der Waals surface area contributed by atoms with E-state index in [9.17, 15) is 0 Å². The molecule has 0 spiro atoms. The summed E-state index contributed by atoms with van der Waals surface area (Å²) in [5.41, 5.74) is 0. The molecule has 0 aliphatic carbocycles. The SMILES string of the molecule is C=CCCOC(N(C)C)(N(C)C)N(C)C.Cl. The molecule has 98 valence electrons. The van der Waals surface area contributed by atoms with Crippen molar-refractivity contribution in [2.75, 3.05) is 48.9 Å². The van der Waals surface area contributed by atoms with Crippen LogP contribution in [0.15, 0.2) is 12.7 Å². The van der Waals surface area contributed by atoms with E-state index >= 15 is 0 Å². The quantitative estimate of drug-likeness (QED) is 0.386. The van der Waals surface area contributed by atoms with Crippen LogP contribution in [0.3, 0.4) is 0 Å². The summed E-state index contributed by atoms with van der Waals surface area (Å²) < 4.78 is 5.96. The van der Waals surface area contributed by atoms with Gasteiger partial charge in [-0.3, -0.25) is 14.7 Å². The summed E-state index contributed by atoms with van der Waals surface area (Å²) in [5.74, 6) is -0.497. The fourth-order valence-corrected chi connectivity index (χ4v) is 1.87. The third-order valence-electron chi connectivity index (χ3n) is 2.37. The van der Waals surface area contributed by atoms with Crippen molar-refractivity contribution in [2.45, 2.75) is 12.4 Å². The van der Waals surface area contributed by atoms with E-state index in [1.807, 2.05) is 48.4 Å². The van der Waals surface area contributed by atoms with E-state index in [1.54, 1.807) is 0 Å². The Morgan fingerprint density at radius 3 is 1.62 bits per heavy atom. The van der Waals surface area contributed by atoms with Gasteiger partial charge in [0.05, 0.1) is 6.61 Å². The van der Waals surface area contributed by atoms with Gasteiger partial charge in [-0.1, -0.05) is 6.08 Å². The highest BCUT2D eigenvalue weighted by molar-refractivity contribution is 5.85. The topological polar surface area (TPSA) is 19.0 Å². The van der Waals surface area contributed by atoms with Crippen molar-refractivity contribution < 1.29 is 4.74 Å². The molecule has 16 heavy (non-hydrogen) atoms. The Hall–Kier alpha value is -0.130. The molecule has 0 unspecified atom stereocenters. The highest BCUT2D eigenvalue weighted by atomic mass is 35.5. The fourth-order valence-electron chi connectivity index (χ4n) is 1.87. The van der Waals surface area contributed by atoms with E-state index in [1.165, 1.54) is 0 Å². The summed E-state index contributed by atoms with van der Waals surface area (Å²) >= 11 is 0. The Morgan fingerprint density at radius 1 is 1.00 bits per heavy atom. The largest absolute Gasteiger partial charge is 0.334 e. The molecule has 0 bridgehead atoms. The van der Waals surface area contributed by atoms with Crippen LogP contribution in [0.5, 0.6) is 0 Å². The summed E-state index contributed by atoms with van der Waals surface area (Å²) in [6.07, 6.45) is 2.73. The maximum absolute atomic E-state index is 5.96.